The number of hydrogen-bond acceptors (Lipinski definition) is 2. The van der Waals surface area contributed by atoms with E-state index in [1.54, 1.807) is 14.2 Å². The van der Waals surface area contributed by atoms with E-state index >= 15 is 0 Å². The highest BCUT2D eigenvalue weighted by molar-refractivity contribution is 5.38. The predicted molar refractivity (Wildman–Crippen MR) is 86.0 cm³/mol. The second-order valence-electron chi connectivity index (χ2n) is 7.67. The lowest BCUT2D eigenvalue weighted by molar-refractivity contribution is -0.723. The molecule has 4 saturated carbocycles. The van der Waals surface area contributed by atoms with E-state index in [9.17, 15) is 0 Å². The van der Waals surface area contributed by atoms with Gasteiger partial charge in [-0.15, -0.1) is 0 Å². The molecule has 4 fully saturated rings. The quantitative estimate of drug-likeness (QED) is 0.907. The Balaban J connectivity index is 1.44. The van der Waals surface area contributed by atoms with Crippen molar-refractivity contribution >= 4 is 0 Å². The Morgan fingerprint density at radius 3 is 1.91 bits per heavy atom. The van der Waals surface area contributed by atoms with Crippen molar-refractivity contribution in [2.75, 3.05) is 14.2 Å². The summed E-state index contributed by atoms with van der Waals surface area (Å²) in [5, 5.41) is 2.61. The smallest absolute Gasteiger partial charge is 0.123 e. The third kappa shape index (κ3) is 2.60. The Hall–Kier alpha value is -1.22. The van der Waals surface area contributed by atoms with E-state index < -0.39 is 0 Å². The minimum atomic E-state index is 0.852. The van der Waals surface area contributed by atoms with Crippen LogP contribution in [0, 0.1) is 23.7 Å². The van der Waals surface area contributed by atoms with Crippen molar-refractivity contribution in [3.05, 3.63) is 23.8 Å². The molecule has 0 unspecified atom stereocenters. The normalized spacial score (nSPS) is 35.6. The van der Waals surface area contributed by atoms with E-state index in [1.807, 2.05) is 6.07 Å². The number of hydrogen-bond donors (Lipinski definition) is 1. The van der Waals surface area contributed by atoms with Gasteiger partial charge in [0.15, 0.2) is 0 Å². The van der Waals surface area contributed by atoms with Gasteiger partial charge in [-0.05, 0) is 56.1 Å². The number of ether oxygens (including phenoxy) is 2. The van der Waals surface area contributed by atoms with Gasteiger partial charge in [0.05, 0.1) is 20.3 Å². The fourth-order valence-electron chi connectivity index (χ4n) is 5.61. The zero-order chi connectivity index (χ0) is 15.1. The molecule has 0 aromatic heterocycles. The molecular weight excluding hydrogens is 274 g/mol. The summed E-state index contributed by atoms with van der Waals surface area (Å²) in [6.45, 7) is 1.04. The van der Waals surface area contributed by atoms with Gasteiger partial charge in [-0.2, -0.15) is 0 Å². The number of nitrogens with two attached hydrogens (primary N) is 1. The Morgan fingerprint density at radius 2 is 1.41 bits per heavy atom. The van der Waals surface area contributed by atoms with Crippen LogP contribution in [0.3, 0.4) is 0 Å². The summed E-state index contributed by atoms with van der Waals surface area (Å²) in [7, 11) is 3.44. The highest BCUT2D eigenvalue weighted by Gasteiger charge is 2.50. The predicted octanol–water partition coefficient (Wildman–Crippen LogP) is 2.59. The van der Waals surface area contributed by atoms with Crippen LogP contribution < -0.4 is 14.8 Å². The summed E-state index contributed by atoms with van der Waals surface area (Å²) in [6, 6.07) is 7.10. The first-order valence-electron chi connectivity index (χ1n) is 8.80. The highest BCUT2D eigenvalue weighted by Crippen LogP contribution is 2.52. The molecule has 0 heterocycles. The van der Waals surface area contributed by atoms with E-state index in [2.05, 4.69) is 17.4 Å². The van der Waals surface area contributed by atoms with Gasteiger partial charge in [-0.3, -0.25) is 0 Å². The van der Waals surface area contributed by atoms with Crippen LogP contribution in [0.25, 0.3) is 0 Å². The van der Waals surface area contributed by atoms with Gasteiger partial charge in [0.2, 0.25) is 0 Å². The van der Waals surface area contributed by atoms with Gasteiger partial charge in [-0.1, -0.05) is 0 Å². The molecule has 2 N–H and O–H groups in total. The molecule has 4 aliphatic carbocycles. The maximum atomic E-state index is 5.39. The van der Waals surface area contributed by atoms with Crippen molar-refractivity contribution in [3.8, 4) is 11.5 Å². The summed E-state index contributed by atoms with van der Waals surface area (Å²) in [5.74, 6) is 5.86. The molecule has 1 aromatic rings. The van der Waals surface area contributed by atoms with E-state index in [0.717, 1.165) is 47.8 Å². The lowest BCUT2D eigenvalue weighted by Crippen LogP contribution is -2.93. The molecule has 0 spiro atoms. The van der Waals surface area contributed by atoms with E-state index in [-0.39, 0.29) is 0 Å². The van der Waals surface area contributed by atoms with Crippen molar-refractivity contribution < 1.29 is 14.8 Å². The molecule has 4 aliphatic rings. The van der Waals surface area contributed by atoms with Crippen LogP contribution in [0.15, 0.2) is 18.2 Å². The molecule has 22 heavy (non-hydrogen) atoms. The Bertz CT molecular complexity index is 492. The minimum absolute atomic E-state index is 0.852. The summed E-state index contributed by atoms with van der Waals surface area (Å²) in [6.07, 6.45) is 7.52. The molecule has 3 nitrogen and oxygen atoms in total. The molecule has 0 amide bonds. The van der Waals surface area contributed by atoms with E-state index in [0.29, 0.717) is 0 Å². The summed E-state index contributed by atoms with van der Waals surface area (Å²) in [4.78, 5) is 0. The molecular formula is C19H28NO2+. The van der Waals surface area contributed by atoms with Crippen LogP contribution in [0.5, 0.6) is 11.5 Å². The van der Waals surface area contributed by atoms with Gasteiger partial charge in [-0.25, -0.2) is 0 Å². The van der Waals surface area contributed by atoms with Crippen LogP contribution >= 0.6 is 0 Å². The lowest BCUT2D eigenvalue weighted by Gasteiger charge is -2.52. The molecule has 0 atom stereocenters. The van der Waals surface area contributed by atoms with Gasteiger partial charge < -0.3 is 14.8 Å². The van der Waals surface area contributed by atoms with Crippen LogP contribution in [-0.2, 0) is 6.54 Å². The highest BCUT2D eigenvalue weighted by atomic mass is 16.5. The maximum absolute atomic E-state index is 5.39. The zero-order valence-corrected chi connectivity index (χ0v) is 13.8. The topological polar surface area (TPSA) is 35.1 Å². The summed E-state index contributed by atoms with van der Waals surface area (Å²) >= 11 is 0. The van der Waals surface area contributed by atoms with Crippen molar-refractivity contribution in [2.24, 2.45) is 23.7 Å². The van der Waals surface area contributed by atoms with E-state index in [4.69, 9.17) is 9.47 Å². The van der Waals surface area contributed by atoms with Gasteiger partial charge in [0, 0.05) is 23.5 Å². The summed E-state index contributed by atoms with van der Waals surface area (Å²) in [5.41, 5.74) is 1.31. The number of quaternary nitrogens is 1. The SMILES string of the molecule is COc1cc(C[NH2+]C2C3CC4CC(C3)CC2C4)cc(OC)c1. The Morgan fingerprint density at radius 1 is 0.864 bits per heavy atom. The molecule has 4 bridgehead atoms. The fraction of sp³-hybridized carbons (Fsp3) is 0.684. The lowest BCUT2D eigenvalue weighted by atomic mass is 9.54. The first kappa shape index (κ1) is 14.4. The van der Waals surface area contributed by atoms with Gasteiger partial charge in [0.25, 0.3) is 0 Å². The molecule has 0 saturated heterocycles. The minimum Gasteiger partial charge on any atom is -0.497 e. The van der Waals surface area contributed by atoms with Crippen LogP contribution in [0.4, 0.5) is 0 Å². The average molecular weight is 302 g/mol. The Labute approximate surface area is 133 Å². The molecule has 0 aliphatic heterocycles. The first-order valence-corrected chi connectivity index (χ1v) is 8.80. The average Bonchev–Trinajstić information content (AvgIpc) is 2.53. The molecule has 120 valence electrons. The van der Waals surface area contributed by atoms with Crippen LogP contribution in [0.1, 0.15) is 37.7 Å². The largest absolute Gasteiger partial charge is 0.497 e. The van der Waals surface area contributed by atoms with E-state index in [1.165, 1.54) is 37.7 Å². The number of benzene rings is 1. The van der Waals surface area contributed by atoms with Crippen molar-refractivity contribution in [1.29, 1.82) is 0 Å². The Kier molecular flexibility index (Phi) is 3.77. The second-order valence-corrected chi connectivity index (χ2v) is 7.67. The molecule has 0 radical (unpaired) electrons. The first-order chi connectivity index (χ1) is 10.7. The van der Waals surface area contributed by atoms with Crippen molar-refractivity contribution in [2.45, 2.75) is 44.7 Å². The standard InChI is InChI=1S/C19H27NO2/c1-21-17-8-14(9-18(10-17)22-2)11-20-19-15-4-12-3-13(6-15)7-16(19)5-12/h8-10,12-13,15-16,19-20H,3-7,11H2,1-2H3/p+1. The third-order valence-corrected chi connectivity index (χ3v) is 6.34. The van der Waals surface area contributed by atoms with Gasteiger partial charge in [0.1, 0.15) is 18.0 Å². The van der Waals surface area contributed by atoms with Crippen LogP contribution in [-0.4, -0.2) is 20.3 Å². The monoisotopic (exact) mass is 302 g/mol. The maximum Gasteiger partial charge on any atom is 0.123 e. The van der Waals surface area contributed by atoms with Gasteiger partial charge >= 0.3 is 0 Å². The second kappa shape index (κ2) is 5.77. The summed E-state index contributed by atoms with van der Waals surface area (Å²) < 4.78 is 10.8. The molecule has 5 rings (SSSR count). The number of methoxy groups -OCH3 is 2. The van der Waals surface area contributed by atoms with Crippen molar-refractivity contribution in [3.63, 3.8) is 0 Å². The molecule has 1 aromatic carbocycles. The van der Waals surface area contributed by atoms with Crippen molar-refractivity contribution in [1.82, 2.24) is 0 Å². The number of rotatable bonds is 5. The van der Waals surface area contributed by atoms with Crippen LogP contribution in [0.2, 0.25) is 0 Å². The fourth-order valence-corrected chi connectivity index (χ4v) is 5.61. The zero-order valence-electron chi connectivity index (χ0n) is 13.8. The molecule has 3 heteroatoms. The third-order valence-electron chi connectivity index (χ3n) is 6.34.